The lowest BCUT2D eigenvalue weighted by molar-refractivity contribution is -0.143. The molecule has 0 unspecified atom stereocenters. The molecule has 8 heteroatoms. The van der Waals surface area contributed by atoms with E-state index in [4.69, 9.17) is 17.0 Å². The summed E-state index contributed by atoms with van der Waals surface area (Å²) in [6.45, 7) is 0.354. The third kappa shape index (κ3) is 9.17. The summed E-state index contributed by atoms with van der Waals surface area (Å²) >= 11 is 5.05. The van der Waals surface area contributed by atoms with Crippen molar-refractivity contribution in [3.8, 4) is 0 Å². The first-order valence-electron chi connectivity index (χ1n) is 11.6. The molecule has 0 aliphatic rings. The number of hydrogen-bond acceptors (Lipinski definition) is 5. The largest absolute Gasteiger partial charge is 0.466 e. The maximum Gasteiger partial charge on any atom is 0.305 e. The van der Waals surface area contributed by atoms with Crippen molar-refractivity contribution in [2.45, 2.75) is 38.5 Å². The average Bonchev–Trinajstić information content (AvgIpc) is 2.86. The van der Waals surface area contributed by atoms with E-state index in [1.54, 1.807) is 0 Å². The summed E-state index contributed by atoms with van der Waals surface area (Å²) in [5, 5.41) is 4.55. The Labute approximate surface area is 210 Å². The van der Waals surface area contributed by atoms with Crippen molar-refractivity contribution in [1.29, 1.82) is 0 Å². The summed E-state index contributed by atoms with van der Waals surface area (Å²) in [6.07, 6.45) is 2.38. The number of esters is 1. The van der Waals surface area contributed by atoms with E-state index in [0.29, 0.717) is 13.0 Å². The second-order valence-electron chi connectivity index (χ2n) is 8.03. The molecule has 0 saturated heterocycles. The summed E-state index contributed by atoms with van der Waals surface area (Å²) in [5.74, 6) is -0.956. The lowest BCUT2D eigenvalue weighted by atomic mass is 10.0. The Bertz CT molecular complexity index is 1160. The molecular formula is C27H29N3O4S. The van der Waals surface area contributed by atoms with Crippen molar-refractivity contribution >= 4 is 45.9 Å². The maximum absolute atomic E-state index is 12.3. The fourth-order valence-electron chi connectivity index (χ4n) is 3.58. The number of carbonyl (C=O) groups is 3. The first-order chi connectivity index (χ1) is 17.0. The van der Waals surface area contributed by atoms with Gasteiger partial charge in [0.15, 0.2) is 5.11 Å². The van der Waals surface area contributed by atoms with E-state index in [0.717, 1.165) is 29.2 Å². The Hall–Kier alpha value is -3.78. The zero-order valence-electron chi connectivity index (χ0n) is 19.4. The lowest BCUT2D eigenvalue weighted by Crippen LogP contribution is -2.48. The minimum absolute atomic E-state index is 0.00948. The Balaban J connectivity index is 1.26. The number of thiocarbonyl (C=S) groups is 1. The van der Waals surface area contributed by atoms with Gasteiger partial charge in [-0.15, -0.1) is 0 Å². The number of aryl methyl sites for hydroxylation is 1. The topological polar surface area (TPSA) is 96.5 Å². The van der Waals surface area contributed by atoms with Crippen molar-refractivity contribution in [2.75, 3.05) is 6.61 Å². The fourth-order valence-corrected chi connectivity index (χ4v) is 3.75. The number of carbonyl (C=O) groups excluding carboxylic acids is 3. The number of hydrazine groups is 1. The Morgan fingerprint density at radius 3 is 2.34 bits per heavy atom. The molecule has 3 rings (SSSR count). The molecule has 182 valence electrons. The van der Waals surface area contributed by atoms with Crippen LogP contribution < -0.4 is 16.2 Å². The van der Waals surface area contributed by atoms with Crippen LogP contribution in [0.2, 0.25) is 0 Å². The van der Waals surface area contributed by atoms with E-state index in [-0.39, 0.29) is 42.2 Å². The van der Waals surface area contributed by atoms with Crippen LogP contribution in [0.1, 0.15) is 36.8 Å². The molecule has 3 aromatic carbocycles. The monoisotopic (exact) mass is 491 g/mol. The van der Waals surface area contributed by atoms with Crippen LogP contribution in [0.15, 0.2) is 72.8 Å². The van der Waals surface area contributed by atoms with E-state index in [9.17, 15) is 14.4 Å². The molecule has 0 atom stereocenters. The van der Waals surface area contributed by atoms with Crippen LogP contribution >= 0.6 is 12.2 Å². The van der Waals surface area contributed by atoms with Crippen LogP contribution in [0.25, 0.3) is 10.8 Å². The number of fused-ring (bicyclic) bond motifs is 1. The van der Waals surface area contributed by atoms with Crippen molar-refractivity contribution in [3.05, 3.63) is 83.9 Å². The van der Waals surface area contributed by atoms with Gasteiger partial charge in [-0.1, -0.05) is 72.8 Å². The number of hydrogen-bond donors (Lipinski definition) is 3. The molecule has 2 amide bonds. The molecule has 0 heterocycles. The minimum Gasteiger partial charge on any atom is -0.466 e. The molecule has 0 radical (unpaired) electrons. The molecule has 0 aliphatic heterocycles. The van der Waals surface area contributed by atoms with Gasteiger partial charge in [0.1, 0.15) is 0 Å². The Morgan fingerprint density at radius 2 is 1.51 bits per heavy atom. The number of nitrogens with one attached hydrogen (secondary N) is 3. The molecule has 7 nitrogen and oxygen atoms in total. The predicted molar refractivity (Wildman–Crippen MR) is 139 cm³/mol. The molecule has 0 aliphatic carbocycles. The van der Waals surface area contributed by atoms with Gasteiger partial charge in [-0.25, -0.2) is 0 Å². The van der Waals surface area contributed by atoms with Crippen LogP contribution in [0.3, 0.4) is 0 Å². The van der Waals surface area contributed by atoms with Gasteiger partial charge in [-0.05, 0) is 53.4 Å². The molecule has 35 heavy (non-hydrogen) atoms. The second-order valence-corrected chi connectivity index (χ2v) is 8.44. The Kier molecular flexibility index (Phi) is 10.2. The fraction of sp³-hybridized carbons (Fsp3) is 0.259. The van der Waals surface area contributed by atoms with Gasteiger partial charge < -0.3 is 10.1 Å². The van der Waals surface area contributed by atoms with Crippen molar-refractivity contribution < 1.29 is 19.1 Å². The van der Waals surface area contributed by atoms with E-state index >= 15 is 0 Å². The van der Waals surface area contributed by atoms with Gasteiger partial charge in [0.05, 0.1) is 13.0 Å². The second kappa shape index (κ2) is 13.8. The standard InChI is InChI=1S/C27H29N3O4S/c31-24(16-7-17-26(33)34-18-8-11-20-9-2-1-3-10-20)28-27(35)30-29-25(32)19-22-14-6-13-21-12-4-5-15-23(21)22/h1-6,9-10,12-15H,7-8,11,16-19H2,(H,29,32)(H2,28,30,31,35). The molecule has 3 N–H and O–H groups in total. The molecule has 0 aromatic heterocycles. The highest BCUT2D eigenvalue weighted by molar-refractivity contribution is 7.80. The summed E-state index contributed by atoms with van der Waals surface area (Å²) in [4.78, 5) is 36.1. The molecule has 3 aromatic rings. The van der Waals surface area contributed by atoms with E-state index in [1.807, 2.05) is 72.8 Å². The van der Waals surface area contributed by atoms with Gasteiger partial charge in [0, 0.05) is 12.8 Å². The summed E-state index contributed by atoms with van der Waals surface area (Å²) < 4.78 is 5.21. The van der Waals surface area contributed by atoms with Crippen LogP contribution in [-0.2, 0) is 32.0 Å². The van der Waals surface area contributed by atoms with E-state index in [1.165, 1.54) is 5.56 Å². The Morgan fingerprint density at radius 1 is 0.771 bits per heavy atom. The smallest absolute Gasteiger partial charge is 0.305 e. The van der Waals surface area contributed by atoms with E-state index in [2.05, 4.69) is 16.2 Å². The maximum atomic E-state index is 12.3. The highest BCUT2D eigenvalue weighted by Gasteiger charge is 2.10. The third-order valence-electron chi connectivity index (χ3n) is 5.30. The van der Waals surface area contributed by atoms with Gasteiger partial charge in [0.25, 0.3) is 0 Å². The van der Waals surface area contributed by atoms with Crippen LogP contribution in [0.5, 0.6) is 0 Å². The number of amides is 2. The zero-order valence-corrected chi connectivity index (χ0v) is 20.2. The third-order valence-corrected chi connectivity index (χ3v) is 5.50. The minimum atomic E-state index is -0.345. The molecular weight excluding hydrogens is 462 g/mol. The average molecular weight is 492 g/mol. The first-order valence-corrected chi connectivity index (χ1v) is 12.0. The molecule has 0 spiro atoms. The predicted octanol–water partition coefficient (Wildman–Crippen LogP) is 3.75. The summed E-state index contributed by atoms with van der Waals surface area (Å²) in [7, 11) is 0. The molecule has 0 fully saturated rings. The number of rotatable bonds is 10. The summed E-state index contributed by atoms with van der Waals surface area (Å²) in [6, 6.07) is 23.6. The highest BCUT2D eigenvalue weighted by Crippen LogP contribution is 2.18. The van der Waals surface area contributed by atoms with Crippen molar-refractivity contribution in [3.63, 3.8) is 0 Å². The van der Waals surface area contributed by atoms with Gasteiger partial charge in [-0.2, -0.15) is 0 Å². The SMILES string of the molecule is O=C(Cc1cccc2ccccc12)NNC(=S)NC(=O)CCCC(=O)OCCCc1ccccc1. The lowest BCUT2D eigenvalue weighted by Gasteiger charge is -2.11. The van der Waals surface area contributed by atoms with Gasteiger partial charge in [0.2, 0.25) is 11.8 Å². The van der Waals surface area contributed by atoms with Crippen LogP contribution in [-0.4, -0.2) is 29.5 Å². The number of ether oxygens (including phenoxy) is 1. The quantitative estimate of drug-likeness (QED) is 0.173. The van der Waals surface area contributed by atoms with Crippen molar-refractivity contribution in [1.82, 2.24) is 16.2 Å². The van der Waals surface area contributed by atoms with Crippen molar-refractivity contribution in [2.24, 2.45) is 0 Å². The first kappa shape index (κ1) is 25.8. The normalized spacial score (nSPS) is 10.4. The summed E-state index contributed by atoms with van der Waals surface area (Å²) in [5.41, 5.74) is 7.13. The highest BCUT2D eigenvalue weighted by atomic mass is 32.1. The van der Waals surface area contributed by atoms with Crippen LogP contribution in [0.4, 0.5) is 0 Å². The molecule has 0 saturated carbocycles. The van der Waals surface area contributed by atoms with Gasteiger partial charge >= 0.3 is 5.97 Å². The zero-order chi connectivity index (χ0) is 24.9. The molecule has 0 bridgehead atoms. The van der Waals surface area contributed by atoms with Crippen LogP contribution in [0, 0.1) is 0 Å². The number of benzene rings is 3. The van der Waals surface area contributed by atoms with Gasteiger partial charge in [-0.3, -0.25) is 25.2 Å². The van der Waals surface area contributed by atoms with E-state index < -0.39 is 0 Å².